The van der Waals surface area contributed by atoms with Crippen molar-refractivity contribution in [1.29, 1.82) is 0 Å². The van der Waals surface area contributed by atoms with Crippen LogP contribution in [0.3, 0.4) is 0 Å². The largest absolute Gasteiger partial charge is 0.490 e. The van der Waals surface area contributed by atoms with Gasteiger partial charge in [0.15, 0.2) is 0 Å². The highest BCUT2D eigenvalue weighted by Crippen LogP contribution is 2.40. The molecule has 1 heterocycles. The molecule has 0 fully saturated rings. The van der Waals surface area contributed by atoms with E-state index < -0.39 is 0 Å². The fourth-order valence-corrected chi connectivity index (χ4v) is 3.88. The molecule has 0 spiro atoms. The molecule has 146 valence electrons. The van der Waals surface area contributed by atoms with Crippen molar-refractivity contribution in [1.82, 2.24) is 4.57 Å². The molecule has 0 bridgehead atoms. The number of ether oxygens (including phenoxy) is 1. The Labute approximate surface area is 173 Å². The van der Waals surface area contributed by atoms with Gasteiger partial charge in [-0.2, -0.15) is 0 Å². The van der Waals surface area contributed by atoms with Gasteiger partial charge in [0.25, 0.3) is 0 Å². The van der Waals surface area contributed by atoms with Crippen molar-refractivity contribution in [3.8, 4) is 28.0 Å². The van der Waals surface area contributed by atoms with Gasteiger partial charge < -0.3 is 9.30 Å². The Morgan fingerprint density at radius 1 is 0.655 bits per heavy atom. The maximum absolute atomic E-state index is 6.49. The molecule has 2 heteroatoms. The van der Waals surface area contributed by atoms with Crippen molar-refractivity contribution in [2.75, 3.05) is 6.61 Å². The van der Waals surface area contributed by atoms with Gasteiger partial charge in [0, 0.05) is 22.5 Å². The van der Waals surface area contributed by atoms with Crippen LogP contribution in [0.15, 0.2) is 84.9 Å². The zero-order chi connectivity index (χ0) is 20.2. The fraction of sp³-hybridized carbons (Fsp3) is 0.185. The summed E-state index contributed by atoms with van der Waals surface area (Å²) in [6.07, 6.45) is 0. The lowest BCUT2D eigenvalue weighted by atomic mass is 9.95. The molecule has 2 nitrogen and oxygen atoms in total. The van der Waals surface area contributed by atoms with E-state index in [1.54, 1.807) is 0 Å². The second-order valence-corrected chi connectivity index (χ2v) is 7.54. The Hall–Kier alpha value is -3.26. The predicted molar refractivity (Wildman–Crippen MR) is 121 cm³/mol. The standard InChI is InChI=1S/C27H27NO/c1-20-18-25(23-10-6-4-7-11-23)27(26(19-20)24-12-8-5-9-13-24)29-17-16-28-21(2)14-15-22(28)3/h4-15,18-19H,16-17H2,1-3H3. The number of aromatic nitrogens is 1. The number of benzene rings is 3. The van der Waals surface area contributed by atoms with Crippen LogP contribution in [0, 0.1) is 20.8 Å². The van der Waals surface area contributed by atoms with Crippen molar-refractivity contribution in [2.24, 2.45) is 0 Å². The molecular weight excluding hydrogens is 354 g/mol. The summed E-state index contributed by atoms with van der Waals surface area (Å²) < 4.78 is 8.80. The zero-order valence-corrected chi connectivity index (χ0v) is 17.4. The molecule has 0 aliphatic carbocycles. The van der Waals surface area contributed by atoms with E-state index in [1.165, 1.54) is 28.1 Å². The highest BCUT2D eigenvalue weighted by Gasteiger charge is 2.15. The van der Waals surface area contributed by atoms with Crippen LogP contribution in [0.25, 0.3) is 22.3 Å². The van der Waals surface area contributed by atoms with E-state index in [9.17, 15) is 0 Å². The van der Waals surface area contributed by atoms with Crippen LogP contribution < -0.4 is 4.74 Å². The summed E-state index contributed by atoms with van der Waals surface area (Å²) in [4.78, 5) is 0. The van der Waals surface area contributed by atoms with E-state index >= 15 is 0 Å². The van der Waals surface area contributed by atoms with Crippen molar-refractivity contribution >= 4 is 0 Å². The fourth-order valence-electron chi connectivity index (χ4n) is 3.88. The third-order valence-corrected chi connectivity index (χ3v) is 5.38. The predicted octanol–water partition coefficient (Wildman–Crippen LogP) is 6.83. The molecule has 1 aromatic heterocycles. The SMILES string of the molecule is Cc1cc(-c2ccccc2)c(OCCn2c(C)ccc2C)c(-c2ccccc2)c1. The third kappa shape index (κ3) is 4.12. The first-order chi connectivity index (χ1) is 14.1. The molecule has 0 saturated heterocycles. The Bertz CT molecular complexity index is 1010. The van der Waals surface area contributed by atoms with E-state index in [2.05, 4.69) is 110 Å². The van der Waals surface area contributed by atoms with Crippen LogP contribution in [0.1, 0.15) is 17.0 Å². The summed E-state index contributed by atoms with van der Waals surface area (Å²) in [7, 11) is 0. The second kappa shape index (κ2) is 8.40. The molecule has 0 aliphatic heterocycles. The topological polar surface area (TPSA) is 14.2 Å². The summed E-state index contributed by atoms with van der Waals surface area (Å²) in [6.45, 7) is 7.89. The van der Waals surface area contributed by atoms with E-state index in [0.717, 1.165) is 23.4 Å². The summed E-state index contributed by atoms with van der Waals surface area (Å²) in [5.74, 6) is 0.954. The minimum absolute atomic E-state index is 0.624. The number of hydrogen-bond donors (Lipinski definition) is 0. The molecule has 4 aromatic rings. The van der Waals surface area contributed by atoms with Gasteiger partial charge in [0.2, 0.25) is 0 Å². The van der Waals surface area contributed by atoms with Gasteiger partial charge in [-0.1, -0.05) is 60.7 Å². The molecule has 0 amide bonds. The van der Waals surface area contributed by atoms with Crippen LogP contribution in [-0.2, 0) is 6.54 Å². The smallest absolute Gasteiger partial charge is 0.135 e. The van der Waals surface area contributed by atoms with Gasteiger partial charge in [0.1, 0.15) is 12.4 Å². The lowest BCUT2D eigenvalue weighted by molar-refractivity contribution is 0.298. The Morgan fingerprint density at radius 3 is 1.62 bits per heavy atom. The van der Waals surface area contributed by atoms with Crippen molar-refractivity contribution < 1.29 is 4.74 Å². The van der Waals surface area contributed by atoms with E-state index in [1.807, 2.05) is 0 Å². The summed E-state index contributed by atoms with van der Waals surface area (Å²) in [5, 5.41) is 0. The first-order valence-electron chi connectivity index (χ1n) is 10.1. The Kier molecular flexibility index (Phi) is 5.53. The van der Waals surface area contributed by atoms with Crippen LogP contribution in [-0.4, -0.2) is 11.2 Å². The van der Waals surface area contributed by atoms with Gasteiger partial charge in [-0.25, -0.2) is 0 Å². The molecule has 0 radical (unpaired) electrons. The van der Waals surface area contributed by atoms with Crippen molar-refractivity contribution in [3.05, 3.63) is 102 Å². The molecule has 0 aliphatic rings. The summed E-state index contributed by atoms with van der Waals surface area (Å²) in [5.41, 5.74) is 8.40. The lowest BCUT2D eigenvalue weighted by Crippen LogP contribution is -2.11. The van der Waals surface area contributed by atoms with Crippen molar-refractivity contribution in [2.45, 2.75) is 27.3 Å². The molecule has 0 N–H and O–H groups in total. The number of aryl methyl sites for hydroxylation is 3. The maximum Gasteiger partial charge on any atom is 0.135 e. The van der Waals surface area contributed by atoms with Crippen LogP contribution in [0.5, 0.6) is 5.75 Å². The number of hydrogen-bond acceptors (Lipinski definition) is 1. The Balaban J connectivity index is 1.75. The lowest BCUT2D eigenvalue weighted by Gasteiger charge is -2.19. The zero-order valence-electron chi connectivity index (χ0n) is 17.4. The molecule has 4 rings (SSSR count). The summed E-state index contributed by atoms with van der Waals surface area (Å²) >= 11 is 0. The minimum atomic E-state index is 0.624. The minimum Gasteiger partial charge on any atom is -0.490 e. The van der Waals surface area contributed by atoms with E-state index in [-0.39, 0.29) is 0 Å². The van der Waals surface area contributed by atoms with Gasteiger partial charge in [-0.3, -0.25) is 0 Å². The average Bonchev–Trinajstić information content (AvgIpc) is 3.07. The maximum atomic E-state index is 6.49. The van der Waals surface area contributed by atoms with Gasteiger partial charge >= 0.3 is 0 Å². The normalized spacial score (nSPS) is 10.9. The second-order valence-electron chi connectivity index (χ2n) is 7.54. The highest BCUT2D eigenvalue weighted by molar-refractivity contribution is 5.83. The van der Waals surface area contributed by atoms with Crippen molar-refractivity contribution in [3.63, 3.8) is 0 Å². The monoisotopic (exact) mass is 381 g/mol. The van der Waals surface area contributed by atoms with Crippen LogP contribution in [0.2, 0.25) is 0 Å². The van der Waals surface area contributed by atoms with E-state index in [0.29, 0.717) is 6.61 Å². The van der Waals surface area contributed by atoms with Gasteiger partial charge in [-0.15, -0.1) is 0 Å². The molecule has 0 atom stereocenters. The highest BCUT2D eigenvalue weighted by atomic mass is 16.5. The van der Waals surface area contributed by atoms with Crippen LogP contribution >= 0.6 is 0 Å². The summed E-state index contributed by atoms with van der Waals surface area (Å²) in [6, 6.07) is 29.8. The van der Waals surface area contributed by atoms with E-state index in [4.69, 9.17) is 4.74 Å². The number of rotatable bonds is 6. The van der Waals surface area contributed by atoms with Gasteiger partial charge in [0.05, 0.1) is 6.54 Å². The first-order valence-corrected chi connectivity index (χ1v) is 10.1. The number of nitrogens with zero attached hydrogens (tertiary/aromatic N) is 1. The van der Waals surface area contributed by atoms with Crippen LogP contribution in [0.4, 0.5) is 0 Å². The quantitative estimate of drug-likeness (QED) is 0.357. The third-order valence-electron chi connectivity index (χ3n) is 5.38. The first kappa shape index (κ1) is 19.1. The van der Waals surface area contributed by atoms with Gasteiger partial charge in [-0.05, 0) is 61.7 Å². The Morgan fingerprint density at radius 2 is 1.14 bits per heavy atom. The molecule has 0 unspecified atom stereocenters. The molecule has 3 aromatic carbocycles. The molecule has 0 saturated carbocycles. The molecular formula is C27H27NO. The molecule has 29 heavy (non-hydrogen) atoms. The average molecular weight is 382 g/mol.